The fourth-order valence-corrected chi connectivity index (χ4v) is 6.86. The number of carbonyl (C=O) groups excluding carboxylic acids is 1. The molecule has 1 aromatic carbocycles. The van der Waals surface area contributed by atoms with Crippen LogP contribution in [0, 0.1) is 6.92 Å². The Labute approximate surface area is 181 Å². The van der Waals surface area contributed by atoms with E-state index in [4.69, 9.17) is 4.52 Å². The molecule has 10 heteroatoms. The first-order valence-electron chi connectivity index (χ1n) is 8.94. The lowest BCUT2D eigenvalue weighted by molar-refractivity contribution is 0.0697. The summed E-state index contributed by atoms with van der Waals surface area (Å²) in [4.78, 5) is 14.8. The van der Waals surface area contributed by atoms with Crippen molar-refractivity contribution < 1.29 is 17.7 Å². The average molecular weight is 496 g/mol. The number of benzene rings is 1. The fraction of sp³-hybridized carbons (Fsp3) is 0.263. The molecule has 29 heavy (non-hydrogen) atoms. The molecule has 1 aliphatic rings. The van der Waals surface area contributed by atoms with Gasteiger partial charge >= 0.3 is 0 Å². The molecule has 0 N–H and O–H groups in total. The lowest BCUT2D eigenvalue weighted by Gasteiger charge is -2.33. The Morgan fingerprint density at radius 1 is 1.10 bits per heavy atom. The van der Waals surface area contributed by atoms with E-state index in [1.54, 1.807) is 24.0 Å². The number of rotatable bonds is 4. The number of aryl methyl sites for hydroxylation is 1. The van der Waals surface area contributed by atoms with Crippen molar-refractivity contribution in [3.8, 4) is 11.3 Å². The van der Waals surface area contributed by atoms with Crippen molar-refractivity contribution in [2.45, 2.75) is 11.1 Å². The number of hydrogen-bond acceptors (Lipinski definition) is 6. The van der Waals surface area contributed by atoms with Gasteiger partial charge in [0.1, 0.15) is 21.2 Å². The van der Waals surface area contributed by atoms with Crippen LogP contribution in [-0.2, 0) is 10.0 Å². The van der Waals surface area contributed by atoms with Crippen LogP contribution in [0.5, 0.6) is 0 Å². The molecule has 4 rings (SSSR count). The summed E-state index contributed by atoms with van der Waals surface area (Å²) in [6.07, 6.45) is 0. The molecule has 0 unspecified atom stereocenters. The number of piperazine rings is 1. The molecule has 2 aromatic heterocycles. The molecule has 0 aliphatic carbocycles. The van der Waals surface area contributed by atoms with Gasteiger partial charge in [-0.25, -0.2) is 8.42 Å². The molecule has 3 heterocycles. The minimum Gasteiger partial charge on any atom is -0.360 e. The molecule has 0 bridgehead atoms. The van der Waals surface area contributed by atoms with Gasteiger partial charge in [0.25, 0.3) is 15.9 Å². The first-order chi connectivity index (χ1) is 13.9. The SMILES string of the molecule is Cc1onc(-c2ccccc2)c1C(=O)N1CCN(S(=O)(=O)c2ccc(Br)s2)CC1. The van der Waals surface area contributed by atoms with Crippen LogP contribution in [0.15, 0.2) is 55.0 Å². The first-order valence-corrected chi connectivity index (χ1v) is 12.0. The first kappa shape index (κ1) is 20.3. The normalized spacial score (nSPS) is 15.6. The third kappa shape index (κ3) is 3.89. The Morgan fingerprint density at radius 3 is 2.41 bits per heavy atom. The number of aromatic nitrogens is 1. The molecule has 3 aromatic rings. The van der Waals surface area contributed by atoms with Gasteiger partial charge in [-0.15, -0.1) is 11.3 Å². The predicted octanol–water partition coefficient (Wildman–Crippen LogP) is 3.62. The topological polar surface area (TPSA) is 83.7 Å². The summed E-state index contributed by atoms with van der Waals surface area (Å²) in [6.45, 7) is 2.82. The molecule has 152 valence electrons. The van der Waals surface area contributed by atoms with E-state index in [1.165, 1.54) is 15.6 Å². The molecule has 1 amide bonds. The quantitative estimate of drug-likeness (QED) is 0.551. The van der Waals surface area contributed by atoms with Crippen molar-refractivity contribution in [3.05, 3.63) is 57.6 Å². The van der Waals surface area contributed by atoms with E-state index in [1.807, 2.05) is 30.3 Å². The van der Waals surface area contributed by atoms with Gasteiger partial charge < -0.3 is 9.42 Å². The second kappa shape index (κ2) is 8.02. The van der Waals surface area contributed by atoms with E-state index >= 15 is 0 Å². The van der Waals surface area contributed by atoms with Gasteiger partial charge in [0.2, 0.25) is 0 Å². The van der Waals surface area contributed by atoms with Crippen LogP contribution in [0.3, 0.4) is 0 Å². The molecule has 0 spiro atoms. The fourth-order valence-electron chi connectivity index (χ4n) is 3.27. The van der Waals surface area contributed by atoms with E-state index in [0.717, 1.165) is 9.35 Å². The number of hydrogen-bond donors (Lipinski definition) is 0. The van der Waals surface area contributed by atoms with Gasteiger partial charge in [0.15, 0.2) is 0 Å². The van der Waals surface area contributed by atoms with Crippen molar-refractivity contribution in [1.29, 1.82) is 0 Å². The number of nitrogens with zero attached hydrogens (tertiary/aromatic N) is 3. The third-order valence-electron chi connectivity index (χ3n) is 4.79. The smallest absolute Gasteiger partial charge is 0.259 e. The summed E-state index contributed by atoms with van der Waals surface area (Å²) in [5.41, 5.74) is 1.73. The maximum absolute atomic E-state index is 13.2. The molecule has 1 aliphatic heterocycles. The Hall–Kier alpha value is -2.01. The second-order valence-corrected chi connectivity index (χ2v) is 11.2. The Kier molecular flexibility index (Phi) is 5.60. The van der Waals surface area contributed by atoms with Gasteiger partial charge in [-0.1, -0.05) is 35.5 Å². The van der Waals surface area contributed by atoms with Gasteiger partial charge in [-0.2, -0.15) is 4.31 Å². The highest BCUT2D eigenvalue weighted by Crippen LogP contribution is 2.30. The molecule has 0 saturated carbocycles. The van der Waals surface area contributed by atoms with Crippen molar-refractivity contribution in [2.24, 2.45) is 0 Å². The lowest BCUT2D eigenvalue weighted by atomic mass is 10.0. The summed E-state index contributed by atoms with van der Waals surface area (Å²) in [7, 11) is -3.55. The van der Waals surface area contributed by atoms with Crippen LogP contribution in [0.25, 0.3) is 11.3 Å². The summed E-state index contributed by atoms with van der Waals surface area (Å²) < 4.78 is 33.3. The van der Waals surface area contributed by atoms with Crippen LogP contribution in [-0.4, -0.2) is 54.9 Å². The van der Waals surface area contributed by atoms with E-state index in [9.17, 15) is 13.2 Å². The molecule has 7 nitrogen and oxygen atoms in total. The Balaban J connectivity index is 1.51. The minimum absolute atomic E-state index is 0.196. The highest BCUT2D eigenvalue weighted by molar-refractivity contribution is 9.11. The van der Waals surface area contributed by atoms with Crippen molar-refractivity contribution in [3.63, 3.8) is 0 Å². The summed E-state index contributed by atoms with van der Waals surface area (Å²) in [5.74, 6) is 0.255. The van der Waals surface area contributed by atoms with E-state index in [2.05, 4.69) is 21.1 Å². The van der Waals surface area contributed by atoms with E-state index in [-0.39, 0.29) is 19.0 Å². The van der Waals surface area contributed by atoms with Crippen LogP contribution >= 0.6 is 27.3 Å². The van der Waals surface area contributed by atoms with Crippen LogP contribution in [0.1, 0.15) is 16.1 Å². The Morgan fingerprint density at radius 2 is 1.79 bits per heavy atom. The number of thiophene rings is 1. The minimum atomic E-state index is -3.55. The Bertz CT molecular complexity index is 1130. The number of sulfonamides is 1. The van der Waals surface area contributed by atoms with Crippen molar-refractivity contribution >= 4 is 43.2 Å². The monoisotopic (exact) mass is 495 g/mol. The highest BCUT2D eigenvalue weighted by Gasteiger charge is 2.33. The largest absolute Gasteiger partial charge is 0.360 e. The number of halogens is 1. The molecule has 1 saturated heterocycles. The standard InChI is InChI=1S/C19H18BrN3O4S2/c1-13-17(18(21-27-13)14-5-3-2-4-6-14)19(24)22-9-11-23(12-10-22)29(25,26)16-8-7-15(20)28-16/h2-8H,9-12H2,1H3. The second-order valence-electron chi connectivity index (χ2n) is 6.58. The maximum Gasteiger partial charge on any atom is 0.259 e. The predicted molar refractivity (Wildman–Crippen MR) is 113 cm³/mol. The van der Waals surface area contributed by atoms with Crippen molar-refractivity contribution in [2.75, 3.05) is 26.2 Å². The van der Waals surface area contributed by atoms with E-state index in [0.29, 0.717) is 34.3 Å². The zero-order chi connectivity index (χ0) is 20.6. The summed E-state index contributed by atoms with van der Waals surface area (Å²) >= 11 is 4.48. The highest BCUT2D eigenvalue weighted by atomic mass is 79.9. The van der Waals surface area contributed by atoms with Gasteiger partial charge in [0, 0.05) is 31.7 Å². The number of amides is 1. The number of carbonyl (C=O) groups is 1. The van der Waals surface area contributed by atoms with E-state index < -0.39 is 10.0 Å². The molecule has 0 radical (unpaired) electrons. The maximum atomic E-state index is 13.2. The third-order valence-corrected chi connectivity index (χ3v) is 8.78. The zero-order valence-electron chi connectivity index (χ0n) is 15.5. The van der Waals surface area contributed by atoms with Gasteiger partial charge in [-0.3, -0.25) is 4.79 Å². The average Bonchev–Trinajstić information content (AvgIpc) is 3.34. The van der Waals surface area contributed by atoms with Gasteiger partial charge in [0.05, 0.1) is 3.79 Å². The molecular formula is C19H18BrN3O4S2. The lowest BCUT2D eigenvalue weighted by Crippen LogP contribution is -2.50. The van der Waals surface area contributed by atoms with Crippen molar-refractivity contribution in [1.82, 2.24) is 14.4 Å². The molecule has 0 atom stereocenters. The summed E-state index contributed by atoms with van der Waals surface area (Å²) in [5, 5.41) is 4.07. The molecule has 1 fully saturated rings. The zero-order valence-corrected chi connectivity index (χ0v) is 18.8. The van der Waals surface area contributed by atoms with Crippen LogP contribution in [0.4, 0.5) is 0 Å². The summed E-state index contributed by atoms with van der Waals surface area (Å²) in [6, 6.07) is 12.7. The van der Waals surface area contributed by atoms with Crippen LogP contribution < -0.4 is 0 Å². The molecular weight excluding hydrogens is 478 g/mol. The van der Waals surface area contributed by atoms with Gasteiger partial charge in [-0.05, 0) is 35.0 Å². The van der Waals surface area contributed by atoms with Crippen LogP contribution in [0.2, 0.25) is 0 Å².